The van der Waals surface area contributed by atoms with E-state index in [1.54, 1.807) is 48.5 Å². The molecule has 0 spiro atoms. The zero-order chi connectivity index (χ0) is 25.5. The molecule has 3 aromatic rings. The number of amides is 2. The van der Waals surface area contributed by atoms with Crippen molar-refractivity contribution in [2.45, 2.75) is 17.2 Å². The van der Waals surface area contributed by atoms with Crippen molar-refractivity contribution in [3.8, 4) is 0 Å². The molecular formula is C25H17Cl5N2O3. The van der Waals surface area contributed by atoms with Gasteiger partial charge in [0.05, 0.1) is 22.2 Å². The van der Waals surface area contributed by atoms with Gasteiger partial charge >= 0.3 is 0 Å². The molecule has 1 aliphatic rings. The number of carbonyl (C=O) groups excluding carboxylic acids is 3. The molecule has 2 N–H and O–H groups in total. The number of Topliss-reactive ketones (excluding diaryl/α,β-unsaturated/α-hetero) is 1. The van der Waals surface area contributed by atoms with Crippen LogP contribution in [0.5, 0.6) is 0 Å². The number of anilines is 2. The summed E-state index contributed by atoms with van der Waals surface area (Å²) >= 11 is 31.2. The van der Waals surface area contributed by atoms with E-state index < -0.39 is 28.0 Å². The second-order valence-corrected chi connectivity index (χ2v) is 10.8. The lowest BCUT2D eigenvalue weighted by molar-refractivity contribution is -0.117. The second kappa shape index (κ2) is 10.00. The Labute approximate surface area is 226 Å². The molecule has 2 amide bonds. The molecule has 35 heavy (non-hydrogen) atoms. The van der Waals surface area contributed by atoms with Gasteiger partial charge in [0, 0.05) is 27.2 Å². The van der Waals surface area contributed by atoms with Crippen LogP contribution in [-0.2, 0) is 4.79 Å². The maximum absolute atomic E-state index is 13.0. The zero-order valence-corrected chi connectivity index (χ0v) is 21.8. The van der Waals surface area contributed by atoms with Crippen LogP contribution in [0.4, 0.5) is 11.4 Å². The first-order valence-electron chi connectivity index (χ1n) is 10.3. The van der Waals surface area contributed by atoms with E-state index in [9.17, 15) is 14.4 Å². The Balaban J connectivity index is 1.53. The first-order chi connectivity index (χ1) is 16.5. The Bertz CT molecular complexity index is 1340. The fourth-order valence-electron chi connectivity index (χ4n) is 3.91. The lowest BCUT2D eigenvalue weighted by Crippen LogP contribution is -2.18. The Hall–Kier alpha value is -2.28. The monoisotopic (exact) mass is 568 g/mol. The van der Waals surface area contributed by atoms with Crippen LogP contribution in [0, 0.1) is 5.92 Å². The van der Waals surface area contributed by atoms with Gasteiger partial charge in [-0.25, -0.2) is 0 Å². The van der Waals surface area contributed by atoms with Gasteiger partial charge in [0.1, 0.15) is 4.33 Å². The minimum absolute atomic E-state index is 0.111. The van der Waals surface area contributed by atoms with Crippen LogP contribution in [0.3, 0.4) is 0 Å². The van der Waals surface area contributed by atoms with Crippen LogP contribution in [-0.4, -0.2) is 21.9 Å². The number of alkyl halides is 2. The van der Waals surface area contributed by atoms with Crippen molar-refractivity contribution in [3.05, 3.63) is 92.4 Å². The molecule has 1 saturated carbocycles. The summed E-state index contributed by atoms with van der Waals surface area (Å²) in [7, 11) is 0. The molecule has 0 aromatic heterocycles. The zero-order valence-electron chi connectivity index (χ0n) is 18.0. The fourth-order valence-corrected chi connectivity index (χ4v) is 5.48. The van der Waals surface area contributed by atoms with Crippen LogP contribution >= 0.6 is 58.0 Å². The Morgan fingerprint density at radius 2 is 1.49 bits per heavy atom. The minimum Gasteiger partial charge on any atom is -0.326 e. The van der Waals surface area contributed by atoms with E-state index >= 15 is 0 Å². The third-order valence-corrected chi connectivity index (χ3v) is 7.32. The van der Waals surface area contributed by atoms with Crippen LogP contribution < -0.4 is 10.6 Å². The number of rotatable bonds is 6. The molecule has 0 bridgehead atoms. The average molecular weight is 571 g/mol. The molecule has 4 rings (SSSR count). The minimum atomic E-state index is -1.35. The van der Waals surface area contributed by atoms with Gasteiger partial charge < -0.3 is 10.6 Å². The molecule has 2 atom stereocenters. The molecule has 0 radical (unpaired) electrons. The number of hydrogen-bond donors (Lipinski definition) is 2. The summed E-state index contributed by atoms with van der Waals surface area (Å²) in [5.41, 5.74) is 1.80. The molecule has 2 unspecified atom stereocenters. The number of halogens is 5. The highest BCUT2D eigenvalue weighted by Crippen LogP contribution is 2.65. The van der Waals surface area contributed by atoms with Gasteiger partial charge in [0.2, 0.25) is 5.91 Å². The van der Waals surface area contributed by atoms with Crippen LogP contribution in [0.15, 0.2) is 60.7 Å². The molecule has 10 heteroatoms. The highest BCUT2D eigenvalue weighted by molar-refractivity contribution is 6.53. The smallest absolute Gasteiger partial charge is 0.257 e. The first-order valence-corrected chi connectivity index (χ1v) is 12.2. The van der Waals surface area contributed by atoms with Crippen molar-refractivity contribution in [1.29, 1.82) is 0 Å². The predicted molar refractivity (Wildman–Crippen MR) is 142 cm³/mol. The van der Waals surface area contributed by atoms with Gasteiger partial charge in [-0.15, -0.1) is 23.2 Å². The quantitative estimate of drug-likeness (QED) is 0.236. The standard InChI is InChI=1S/C25H17Cl5N2O3/c1-12(33)17-4-2-3-5-20(17)32-23(34)18-11-16(6-7-19(18)28)31-24(35)22-21(25(22,29)30)13-8-14(26)10-15(27)9-13/h2-11,21-22H,1H3,(H,31,35)(H,32,34). The van der Waals surface area contributed by atoms with E-state index in [4.69, 9.17) is 58.0 Å². The van der Waals surface area contributed by atoms with E-state index in [-0.39, 0.29) is 16.4 Å². The molecule has 0 aliphatic heterocycles. The van der Waals surface area contributed by atoms with E-state index in [0.29, 0.717) is 32.5 Å². The Morgan fingerprint density at radius 1 is 0.829 bits per heavy atom. The highest BCUT2D eigenvalue weighted by Gasteiger charge is 2.67. The van der Waals surface area contributed by atoms with Crippen molar-refractivity contribution in [2.24, 2.45) is 5.92 Å². The molecule has 1 aliphatic carbocycles. The summed E-state index contributed by atoms with van der Waals surface area (Å²) in [5.74, 6) is -2.46. The van der Waals surface area contributed by atoms with Gasteiger partial charge in [0.25, 0.3) is 5.91 Å². The van der Waals surface area contributed by atoms with Gasteiger partial charge in [-0.2, -0.15) is 0 Å². The van der Waals surface area contributed by atoms with Crippen LogP contribution in [0.2, 0.25) is 15.1 Å². The topological polar surface area (TPSA) is 75.3 Å². The summed E-state index contributed by atoms with van der Waals surface area (Å²) in [6.45, 7) is 1.41. The van der Waals surface area contributed by atoms with Gasteiger partial charge in [-0.1, -0.05) is 46.9 Å². The average Bonchev–Trinajstić information content (AvgIpc) is 3.36. The molecule has 0 saturated heterocycles. The summed E-state index contributed by atoms with van der Waals surface area (Å²) in [6, 6.07) is 16.0. The Morgan fingerprint density at radius 3 is 2.14 bits per heavy atom. The first kappa shape index (κ1) is 25.8. The summed E-state index contributed by atoms with van der Waals surface area (Å²) in [6.07, 6.45) is 0. The molecule has 0 heterocycles. The summed E-state index contributed by atoms with van der Waals surface area (Å²) in [5, 5.41) is 6.41. The maximum Gasteiger partial charge on any atom is 0.257 e. The summed E-state index contributed by atoms with van der Waals surface area (Å²) in [4.78, 5) is 37.8. The molecule has 5 nitrogen and oxygen atoms in total. The Kier molecular flexibility index (Phi) is 7.37. The van der Waals surface area contributed by atoms with Crippen LogP contribution in [0.1, 0.15) is 39.1 Å². The predicted octanol–water partition coefficient (Wildman–Crippen LogP) is 7.63. The SMILES string of the molecule is CC(=O)c1ccccc1NC(=O)c1cc(NC(=O)C2C(c3cc(Cl)cc(Cl)c3)C2(Cl)Cl)ccc1Cl. The van der Waals surface area contributed by atoms with Crippen molar-refractivity contribution in [2.75, 3.05) is 10.6 Å². The molecule has 180 valence electrons. The van der Waals surface area contributed by atoms with Gasteiger partial charge in [0.15, 0.2) is 5.78 Å². The number of benzene rings is 3. The molecule has 1 fully saturated rings. The third-order valence-electron chi connectivity index (χ3n) is 5.61. The van der Waals surface area contributed by atoms with E-state index in [1.165, 1.54) is 19.1 Å². The van der Waals surface area contributed by atoms with E-state index in [2.05, 4.69) is 10.6 Å². The van der Waals surface area contributed by atoms with Crippen LogP contribution in [0.25, 0.3) is 0 Å². The number of carbonyl (C=O) groups is 3. The third kappa shape index (κ3) is 5.45. The molecular weight excluding hydrogens is 554 g/mol. The second-order valence-electron chi connectivity index (χ2n) is 8.07. The normalized spacial score (nSPS) is 18.0. The summed E-state index contributed by atoms with van der Waals surface area (Å²) < 4.78 is -1.35. The van der Waals surface area contributed by atoms with Crippen molar-refractivity contribution in [1.82, 2.24) is 0 Å². The fraction of sp³-hybridized carbons (Fsp3) is 0.160. The van der Waals surface area contributed by atoms with Crippen molar-refractivity contribution >= 4 is 87.0 Å². The van der Waals surface area contributed by atoms with E-state index in [0.717, 1.165) is 0 Å². The lowest BCUT2D eigenvalue weighted by atomic mass is 10.1. The number of ketones is 1. The number of nitrogens with one attached hydrogen (secondary N) is 2. The van der Waals surface area contributed by atoms with Crippen molar-refractivity contribution in [3.63, 3.8) is 0 Å². The highest BCUT2D eigenvalue weighted by atomic mass is 35.5. The number of hydrogen-bond acceptors (Lipinski definition) is 3. The van der Waals surface area contributed by atoms with E-state index in [1.807, 2.05) is 0 Å². The lowest BCUT2D eigenvalue weighted by Gasteiger charge is -2.12. The van der Waals surface area contributed by atoms with Gasteiger partial charge in [-0.05, 0) is 61.0 Å². The van der Waals surface area contributed by atoms with Gasteiger partial charge in [-0.3, -0.25) is 14.4 Å². The number of para-hydroxylation sites is 1. The maximum atomic E-state index is 13.0. The van der Waals surface area contributed by atoms with Crippen molar-refractivity contribution < 1.29 is 14.4 Å². The molecule has 3 aromatic carbocycles. The largest absolute Gasteiger partial charge is 0.326 e.